The Labute approximate surface area is 180 Å². The van der Waals surface area contributed by atoms with Crippen molar-refractivity contribution < 1.29 is 27.6 Å². The number of benzene rings is 2. The number of rotatable bonds is 9. The molecule has 0 aliphatic rings. The van der Waals surface area contributed by atoms with Crippen LogP contribution in [0.4, 0.5) is 35.9 Å². The molecule has 0 bridgehead atoms. The maximum absolute atomic E-state index is 13.2. The summed E-state index contributed by atoms with van der Waals surface area (Å²) in [6.45, 7) is 2.15. The van der Waals surface area contributed by atoms with Gasteiger partial charge in [-0.25, -0.2) is 0 Å². The number of halogens is 3. The average Bonchev–Trinajstić information content (AvgIpc) is 2.74. The molecule has 32 heavy (non-hydrogen) atoms. The topological polar surface area (TPSA) is 121 Å². The Morgan fingerprint density at radius 1 is 1.19 bits per heavy atom. The van der Waals surface area contributed by atoms with Crippen molar-refractivity contribution in [2.45, 2.75) is 19.5 Å². The number of hydrogen-bond acceptors (Lipinski definition) is 8. The number of nitrogens with zero attached hydrogens (tertiary/aromatic N) is 5. The lowest BCUT2D eigenvalue weighted by molar-refractivity contribution is -0.385. The van der Waals surface area contributed by atoms with Crippen molar-refractivity contribution in [3.63, 3.8) is 0 Å². The number of esters is 1. The average molecular weight is 449 g/mol. The van der Waals surface area contributed by atoms with Gasteiger partial charge in [-0.05, 0) is 30.3 Å². The van der Waals surface area contributed by atoms with Gasteiger partial charge in [-0.2, -0.15) is 23.5 Å². The quantitative estimate of drug-likeness (QED) is 0.221. The Bertz CT molecular complexity index is 1030. The van der Waals surface area contributed by atoms with Gasteiger partial charge in [0.25, 0.3) is 5.69 Å². The van der Waals surface area contributed by atoms with E-state index in [0.717, 1.165) is 12.1 Å². The van der Waals surface area contributed by atoms with E-state index in [4.69, 9.17) is 10.00 Å². The van der Waals surface area contributed by atoms with Gasteiger partial charge in [0.1, 0.15) is 6.61 Å². The third kappa shape index (κ3) is 7.05. The van der Waals surface area contributed by atoms with Crippen molar-refractivity contribution in [1.82, 2.24) is 0 Å². The fourth-order valence-electron chi connectivity index (χ4n) is 2.65. The van der Waals surface area contributed by atoms with E-state index in [1.54, 1.807) is 12.1 Å². The van der Waals surface area contributed by atoms with E-state index in [-0.39, 0.29) is 18.7 Å². The molecule has 0 aromatic heterocycles. The van der Waals surface area contributed by atoms with Crippen LogP contribution in [0.2, 0.25) is 0 Å². The molecule has 0 fully saturated rings. The van der Waals surface area contributed by atoms with Gasteiger partial charge in [0.15, 0.2) is 0 Å². The van der Waals surface area contributed by atoms with Gasteiger partial charge in [0, 0.05) is 31.3 Å². The number of azo groups is 1. The standard InChI is InChI=1S/C20H18F3N5O4/c1-14(29)32-12-11-27(10-2-9-24)16-5-3-15(4-6-16)25-26-19-8-7-17(28(30)31)13-18(19)20(21,22)23/h3-8,13H,2,10-12H2,1H3. The van der Waals surface area contributed by atoms with E-state index in [0.29, 0.717) is 24.8 Å². The van der Waals surface area contributed by atoms with Gasteiger partial charge in [-0.1, -0.05) is 0 Å². The molecule has 2 rings (SSSR count). The second-order valence-electron chi connectivity index (χ2n) is 6.41. The number of carbonyl (C=O) groups excluding carboxylic acids is 1. The summed E-state index contributed by atoms with van der Waals surface area (Å²) in [6, 6.07) is 10.6. The van der Waals surface area contributed by atoms with Crippen LogP contribution in [0.15, 0.2) is 52.7 Å². The maximum Gasteiger partial charge on any atom is 0.418 e. The lowest BCUT2D eigenvalue weighted by Gasteiger charge is -2.23. The Hall–Kier alpha value is -4.01. The zero-order valence-electron chi connectivity index (χ0n) is 16.9. The molecule has 9 nitrogen and oxygen atoms in total. The van der Waals surface area contributed by atoms with Crippen LogP contribution >= 0.6 is 0 Å². The zero-order chi connectivity index (χ0) is 23.7. The van der Waals surface area contributed by atoms with Crippen molar-refractivity contribution in [1.29, 1.82) is 5.26 Å². The second-order valence-corrected chi connectivity index (χ2v) is 6.41. The van der Waals surface area contributed by atoms with Crippen LogP contribution in [0.3, 0.4) is 0 Å². The van der Waals surface area contributed by atoms with Gasteiger partial charge in [0.2, 0.25) is 0 Å². The molecule has 0 heterocycles. The molecule has 2 aromatic carbocycles. The van der Waals surface area contributed by atoms with Crippen LogP contribution in [0.25, 0.3) is 0 Å². The Balaban J connectivity index is 2.21. The summed E-state index contributed by atoms with van der Waals surface area (Å²) in [4.78, 5) is 22.6. The van der Waals surface area contributed by atoms with E-state index in [2.05, 4.69) is 10.2 Å². The van der Waals surface area contributed by atoms with Gasteiger partial charge in [0.05, 0.1) is 40.9 Å². The SMILES string of the molecule is CC(=O)OCCN(CCC#N)c1ccc(N=Nc2ccc([N+](=O)[O-])cc2C(F)(F)F)cc1. The van der Waals surface area contributed by atoms with E-state index in [9.17, 15) is 28.1 Å². The summed E-state index contributed by atoms with van der Waals surface area (Å²) in [7, 11) is 0. The number of non-ortho nitro benzene ring substituents is 1. The Morgan fingerprint density at radius 3 is 2.44 bits per heavy atom. The second kappa shape index (κ2) is 10.9. The largest absolute Gasteiger partial charge is 0.464 e. The lowest BCUT2D eigenvalue weighted by atomic mass is 10.1. The fourth-order valence-corrected chi connectivity index (χ4v) is 2.65. The lowest BCUT2D eigenvalue weighted by Crippen LogP contribution is -2.28. The summed E-state index contributed by atoms with van der Waals surface area (Å²) in [5.74, 6) is -0.425. The molecule has 0 saturated carbocycles. The van der Waals surface area contributed by atoms with Gasteiger partial charge in [-0.3, -0.25) is 14.9 Å². The number of nitro benzene ring substituents is 1. The van der Waals surface area contributed by atoms with Crippen molar-refractivity contribution in [3.05, 3.63) is 58.1 Å². The van der Waals surface area contributed by atoms with Crippen molar-refractivity contribution in [3.8, 4) is 6.07 Å². The van der Waals surface area contributed by atoms with Crippen LogP contribution in [-0.2, 0) is 15.7 Å². The van der Waals surface area contributed by atoms with E-state index < -0.39 is 34.0 Å². The van der Waals surface area contributed by atoms with Crippen molar-refractivity contribution >= 4 is 28.7 Å². The molecule has 0 amide bonds. The molecule has 12 heteroatoms. The fraction of sp³-hybridized carbons (Fsp3) is 0.300. The monoisotopic (exact) mass is 449 g/mol. The van der Waals surface area contributed by atoms with Crippen LogP contribution in [0.1, 0.15) is 18.9 Å². The zero-order valence-corrected chi connectivity index (χ0v) is 16.9. The summed E-state index contributed by atoms with van der Waals surface area (Å²) in [5.41, 5.74) is -1.57. The highest BCUT2D eigenvalue weighted by Crippen LogP contribution is 2.39. The number of ether oxygens (including phenoxy) is 1. The summed E-state index contributed by atoms with van der Waals surface area (Å²) < 4.78 is 44.6. The van der Waals surface area contributed by atoms with Gasteiger partial charge in [-0.15, -0.1) is 5.11 Å². The number of nitro groups is 1. The minimum absolute atomic E-state index is 0.128. The minimum Gasteiger partial charge on any atom is -0.464 e. The van der Waals surface area contributed by atoms with Crippen molar-refractivity contribution in [2.24, 2.45) is 10.2 Å². The number of carbonyl (C=O) groups is 1. The first-order chi connectivity index (χ1) is 15.1. The number of alkyl halides is 3. The molecule has 0 N–H and O–H groups in total. The van der Waals surface area contributed by atoms with E-state index in [1.807, 2.05) is 11.0 Å². The molecule has 2 aromatic rings. The molecule has 0 atom stereocenters. The predicted octanol–water partition coefficient (Wildman–Crippen LogP) is 5.31. The first kappa shape index (κ1) is 24.3. The van der Waals surface area contributed by atoms with Crippen molar-refractivity contribution in [2.75, 3.05) is 24.6 Å². The Morgan fingerprint density at radius 2 is 1.88 bits per heavy atom. The highest BCUT2D eigenvalue weighted by molar-refractivity contribution is 5.66. The Kier molecular flexibility index (Phi) is 8.23. The molecule has 168 valence electrons. The molecule has 0 aliphatic carbocycles. The maximum atomic E-state index is 13.2. The summed E-state index contributed by atoms with van der Waals surface area (Å²) in [5, 5.41) is 27.0. The van der Waals surface area contributed by atoms with E-state index in [1.165, 1.54) is 19.1 Å². The molecule has 0 unspecified atom stereocenters. The molecular formula is C20H18F3N5O4. The number of nitriles is 1. The van der Waals surface area contributed by atoms with E-state index >= 15 is 0 Å². The molecule has 0 radical (unpaired) electrons. The predicted molar refractivity (Wildman–Crippen MR) is 108 cm³/mol. The van der Waals surface area contributed by atoms with Crippen LogP contribution in [0.5, 0.6) is 0 Å². The van der Waals surface area contributed by atoms with Crippen LogP contribution in [-0.4, -0.2) is 30.6 Å². The minimum atomic E-state index is -4.84. The molecule has 0 spiro atoms. The third-order valence-electron chi connectivity index (χ3n) is 4.14. The van der Waals surface area contributed by atoms with Crippen LogP contribution in [0, 0.1) is 21.4 Å². The molecule has 0 saturated heterocycles. The van der Waals surface area contributed by atoms with Crippen LogP contribution < -0.4 is 4.90 Å². The summed E-state index contributed by atoms with van der Waals surface area (Å²) >= 11 is 0. The smallest absolute Gasteiger partial charge is 0.418 e. The number of anilines is 1. The first-order valence-corrected chi connectivity index (χ1v) is 9.24. The first-order valence-electron chi connectivity index (χ1n) is 9.24. The molecule has 0 aliphatic heterocycles. The van der Waals surface area contributed by atoms with Gasteiger partial charge < -0.3 is 9.64 Å². The normalized spacial score (nSPS) is 11.2. The summed E-state index contributed by atoms with van der Waals surface area (Å²) in [6.07, 6.45) is -4.60. The van der Waals surface area contributed by atoms with Gasteiger partial charge >= 0.3 is 12.1 Å². The third-order valence-corrected chi connectivity index (χ3v) is 4.14. The molecular weight excluding hydrogens is 431 g/mol. The highest BCUT2D eigenvalue weighted by atomic mass is 19.4. The number of hydrogen-bond donors (Lipinski definition) is 0. The highest BCUT2D eigenvalue weighted by Gasteiger charge is 2.35.